The molecular formula is C9H7NO4. The summed E-state index contributed by atoms with van der Waals surface area (Å²) in [5.74, 6) is 0.315. The molecular weight excluding hydrogens is 186 g/mol. The molecule has 1 fully saturated rings. The Bertz CT molecular complexity index is 356. The van der Waals surface area contributed by atoms with Crippen LogP contribution in [0.5, 0.6) is 5.75 Å². The highest BCUT2D eigenvalue weighted by Crippen LogP contribution is 2.18. The van der Waals surface area contributed by atoms with Crippen LogP contribution >= 0.6 is 0 Å². The molecule has 0 aliphatic carbocycles. The third-order valence-corrected chi connectivity index (χ3v) is 1.58. The molecule has 1 heterocycles. The number of epoxide rings is 1. The summed E-state index contributed by atoms with van der Waals surface area (Å²) in [7, 11) is 0. The van der Waals surface area contributed by atoms with Crippen molar-refractivity contribution in [2.75, 3.05) is 6.61 Å². The first-order valence-corrected chi connectivity index (χ1v) is 4.01. The van der Waals surface area contributed by atoms with Crippen molar-refractivity contribution in [2.24, 2.45) is 0 Å². The molecule has 0 saturated carbocycles. The van der Waals surface area contributed by atoms with Gasteiger partial charge in [0.2, 0.25) is 6.29 Å². The fourth-order valence-electron chi connectivity index (χ4n) is 0.827. The topological polar surface area (TPSA) is 64.0 Å². The number of nitriles is 1. The molecule has 5 nitrogen and oxygen atoms in total. The van der Waals surface area contributed by atoms with Crippen molar-refractivity contribution in [3.05, 3.63) is 29.8 Å². The van der Waals surface area contributed by atoms with Crippen molar-refractivity contribution in [1.82, 2.24) is 0 Å². The molecule has 5 heteroatoms. The van der Waals surface area contributed by atoms with Gasteiger partial charge in [0.1, 0.15) is 12.7 Å². The van der Waals surface area contributed by atoms with Crippen LogP contribution in [0.3, 0.4) is 0 Å². The van der Waals surface area contributed by atoms with E-state index in [-0.39, 0.29) is 6.29 Å². The number of ether oxygens (including phenoxy) is 1. The van der Waals surface area contributed by atoms with Gasteiger partial charge >= 0.3 is 0 Å². The Morgan fingerprint density at radius 3 is 2.93 bits per heavy atom. The lowest BCUT2D eigenvalue weighted by Gasteiger charge is -2.02. The molecule has 0 bridgehead atoms. The molecule has 1 aliphatic rings. The van der Waals surface area contributed by atoms with E-state index < -0.39 is 0 Å². The van der Waals surface area contributed by atoms with Gasteiger partial charge in [-0.25, -0.2) is 0 Å². The van der Waals surface area contributed by atoms with Crippen molar-refractivity contribution in [3.8, 4) is 11.8 Å². The predicted molar refractivity (Wildman–Crippen MR) is 43.7 cm³/mol. The molecule has 14 heavy (non-hydrogen) atoms. The van der Waals surface area contributed by atoms with Gasteiger partial charge in [0, 0.05) is 0 Å². The maximum absolute atomic E-state index is 8.69. The van der Waals surface area contributed by atoms with E-state index in [9.17, 15) is 0 Å². The second-order valence-corrected chi connectivity index (χ2v) is 2.62. The van der Waals surface area contributed by atoms with Gasteiger partial charge in [-0.1, -0.05) is 12.1 Å². The van der Waals surface area contributed by atoms with Gasteiger partial charge in [-0.15, -0.1) is 0 Å². The Kier molecular flexibility index (Phi) is 2.60. The number of rotatable bonds is 4. The van der Waals surface area contributed by atoms with E-state index in [0.29, 0.717) is 17.9 Å². The molecule has 1 unspecified atom stereocenters. The van der Waals surface area contributed by atoms with Crippen LogP contribution in [0.25, 0.3) is 0 Å². The first kappa shape index (κ1) is 8.97. The Balaban J connectivity index is 1.90. The standard InChI is InChI=1S/C9H7NO4/c10-5-7-3-1-2-4-8(7)12-14-13-9-6-11-9/h1-4,9H,6H2. The highest BCUT2D eigenvalue weighted by molar-refractivity contribution is 5.41. The number of benzene rings is 1. The van der Waals surface area contributed by atoms with Crippen molar-refractivity contribution in [3.63, 3.8) is 0 Å². The second-order valence-electron chi connectivity index (χ2n) is 2.62. The second kappa shape index (κ2) is 4.07. The Morgan fingerprint density at radius 2 is 2.21 bits per heavy atom. The number of hydrogen-bond donors (Lipinski definition) is 0. The van der Waals surface area contributed by atoms with Crippen LogP contribution in [0.4, 0.5) is 0 Å². The molecule has 1 atom stereocenters. The average Bonchev–Trinajstić information content (AvgIpc) is 3.03. The van der Waals surface area contributed by atoms with Gasteiger partial charge in [-0.05, 0) is 17.2 Å². The fraction of sp³-hybridized carbons (Fsp3) is 0.222. The SMILES string of the molecule is N#Cc1ccccc1OOOC1CO1. The molecule has 1 saturated heterocycles. The lowest BCUT2D eigenvalue weighted by Crippen LogP contribution is -2.02. The summed E-state index contributed by atoms with van der Waals surface area (Å²) >= 11 is 0. The zero-order chi connectivity index (χ0) is 9.80. The quantitative estimate of drug-likeness (QED) is 0.407. The summed E-state index contributed by atoms with van der Waals surface area (Å²) in [6, 6.07) is 8.64. The molecule has 1 aliphatic heterocycles. The first-order valence-electron chi connectivity index (χ1n) is 4.01. The summed E-state index contributed by atoms with van der Waals surface area (Å²) in [5.41, 5.74) is 0.382. The summed E-state index contributed by atoms with van der Waals surface area (Å²) in [6.07, 6.45) is -0.343. The first-order chi connectivity index (χ1) is 6.90. The summed E-state index contributed by atoms with van der Waals surface area (Å²) in [6.45, 7) is 0.503. The molecule has 0 radical (unpaired) electrons. The molecule has 1 aromatic carbocycles. The zero-order valence-corrected chi connectivity index (χ0v) is 7.17. The minimum Gasteiger partial charge on any atom is -0.342 e. The molecule has 0 spiro atoms. The van der Waals surface area contributed by atoms with Crippen molar-refractivity contribution >= 4 is 0 Å². The van der Waals surface area contributed by atoms with E-state index in [4.69, 9.17) is 14.9 Å². The highest BCUT2D eigenvalue weighted by Gasteiger charge is 2.25. The summed E-state index contributed by atoms with van der Waals surface area (Å²) in [5, 5.41) is 13.1. The van der Waals surface area contributed by atoms with Gasteiger partial charge < -0.3 is 9.62 Å². The number of para-hydroxylation sites is 1. The fourth-order valence-corrected chi connectivity index (χ4v) is 0.827. The Morgan fingerprint density at radius 1 is 1.43 bits per heavy atom. The number of hydrogen-bond acceptors (Lipinski definition) is 5. The summed E-state index contributed by atoms with van der Waals surface area (Å²) in [4.78, 5) is 9.36. The van der Waals surface area contributed by atoms with Crippen LogP contribution in [0, 0.1) is 11.3 Å². The van der Waals surface area contributed by atoms with Crippen LogP contribution in [0.2, 0.25) is 0 Å². The van der Waals surface area contributed by atoms with Gasteiger partial charge in [-0.2, -0.15) is 10.1 Å². The normalized spacial score (nSPS) is 18.6. The minimum atomic E-state index is -0.343. The minimum absolute atomic E-state index is 0.315. The maximum Gasteiger partial charge on any atom is 0.219 e. The van der Waals surface area contributed by atoms with Crippen molar-refractivity contribution < 1.29 is 19.6 Å². The maximum atomic E-state index is 8.69. The zero-order valence-electron chi connectivity index (χ0n) is 7.17. The monoisotopic (exact) mass is 193 g/mol. The van der Waals surface area contributed by atoms with Gasteiger partial charge in [0.05, 0.1) is 5.56 Å². The van der Waals surface area contributed by atoms with Crippen LogP contribution in [-0.2, 0) is 14.7 Å². The Labute approximate surface area is 80.2 Å². The van der Waals surface area contributed by atoms with E-state index >= 15 is 0 Å². The van der Waals surface area contributed by atoms with Crippen LogP contribution < -0.4 is 4.89 Å². The smallest absolute Gasteiger partial charge is 0.219 e. The Hall–Kier alpha value is -1.61. The van der Waals surface area contributed by atoms with Gasteiger partial charge in [0.25, 0.3) is 0 Å². The van der Waals surface area contributed by atoms with Crippen LogP contribution in [0.15, 0.2) is 24.3 Å². The van der Waals surface area contributed by atoms with Gasteiger partial charge in [-0.3, -0.25) is 0 Å². The third kappa shape index (κ3) is 2.20. The van der Waals surface area contributed by atoms with Crippen LogP contribution in [-0.4, -0.2) is 12.9 Å². The largest absolute Gasteiger partial charge is 0.342 e. The molecule has 0 amide bonds. The van der Waals surface area contributed by atoms with E-state index in [1.165, 1.54) is 0 Å². The van der Waals surface area contributed by atoms with Crippen molar-refractivity contribution in [2.45, 2.75) is 6.29 Å². The average molecular weight is 193 g/mol. The number of nitrogens with zero attached hydrogens (tertiary/aromatic N) is 1. The summed E-state index contributed by atoms with van der Waals surface area (Å²) < 4.78 is 4.71. The molecule has 72 valence electrons. The molecule has 0 aromatic heterocycles. The molecule has 0 N–H and O–H groups in total. The van der Waals surface area contributed by atoms with E-state index in [2.05, 4.69) is 9.93 Å². The lowest BCUT2D eigenvalue weighted by molar-refractivity contribution is -0.479. The highest BCUT2D eigenvalue weighted by atomic mass is 17.5. The predicted octanol–water partition coefficient (Wildman–Crippen LogP) is 1.16. The van der Waals surface area contributed by atoms with Crippen LogP contribution in [0.1, 0.15) is 5.56 Å². The van der Waals surface area contributed by atoms with E-state index in [1.54, 1.807) is 24.3 Å². The van der Waals surface area contributed by atoms with Crippen molar-refractivity contribution in [1.29, 1.82) is 5.26 Å². The van der Waals surface area contributed by atoms with E-state index in [1.807, 2.05) is 6.07 Å². The van der Waals surface area contributed by atoms with E-state index in [0.717, 1.165) is 0 Å². The van der Waals surface area contributed by atoms with Gasteiger partial charge in [0.15, 0.2) is 5.75 Å². The molecule has 1 aromatic rings. The molecule has 2 rings (SSSR count). The third-order valence-electron chi connectivity index (χ3n) is 1.58. The lowest BCUT2D eigenvalue weighted by atomic mass is 10.2.